The molecule has 136 valence electrons. The van der Waals surface area contributed by atoms with E-state index in [0.717, 1.165) is 30.0 Å². The van der Waals surface area contributed by atoms with Crippen molar-refractivity contribution in [2.75, 3.05) is 11.9 Å². The molecular weight excluding hydrogens is 318 g/mol. The Morgan fingerprint density at radius 1 is 0.808 bits per heavy atom. The lowest BCUT2D eigenvalue weighted by molar-refractivity contribution is -0.0444. The van der Waals surface area contributed by atoms with Gasteiger partial charge < -0.3 is 10.1 Å². The fraction of sp³-hybridized carbons (Fsp3) is 0.500. The lowest BCUT2D eigenvalue weighted by atomic mass is 9.49. The molecule has 2 aromatic carbocycles. The molecule has 2 nitrogen and oxygen atoms in total. The van der Waals surface area contributed by atoms with Crippen LogP contribution in [0.15, 0.2) is 54.6 Å². The number of rotatable bonds is 6. The first-order valence-corrected chi connectivity index (χ1v) is 10.3. The van der Waals surface area contributed by atoms with Gasteiger partial charge in [0.15, 0.2) is 0 Å². The lowest BCUT2D eigenvalue weighted by Gasteiger charge is -2.57. The van der Waals surface area contributed by atoms with Gasteiger partial charge in [0, 0.05) is 12.2 Å². The zero-order valence-corrected chi connectivity index (χ0v) is 15.5. The van der Waals surface area contributed by atoms with Gasteiger partial charge in [-0.3, -0.25) is 0 Å². The number of hydrogen-bond acceptors (Lipinski definition) is 2. The van der Waals surface area contributed by atoms with Gasteiger partial charge in [-0.1, -0.05) is 30.3 Å². The lowest BCUT2D eigenvalue weighted by Crippen LogP contribution is -2.49. The number of nitrogens with one attached hydrogen (secondary N) is 1. The minimum atomic E-state index is 0.581. The van der Waals surface area contributed by atoms with E-state index in [4.69, 9.17) is 4.74 Å². The summed E-state index contributed by atoms with van der Waals surface area (Å²) in [5.41, 5.74) is 3.02. The van der Waals surface area contributed by atoms with Crippen molar-refractivity contribution in [2.24, 2.45) is 23.2 Å². The Labute approximate surface area is 157 Å². The molecule has 0 amide bonds. The molecule has 0 aromatic heterocycles. The van der Waals surface area contributed by atoms with Gasteiger partial charge in [-0.25, -0.2) is 0 Å². The van der Waals surface area contributed by atoms with E-state index in [1.165, 1.54) is 49.8 Å². The molecule has 0 atom stereocenters. The van der Waals surface area contributed by atoms with Crippen LogP contribution < -0.4 is 10.1 Å². The van der Waals surface area contributed by atoms with Crippen LogP contribution in [-0.4, -0.2) is 6.54 Å². The predicted octanol–water partition coefficient (Wildman–Crippen LogP) is 5.89. The number of anilines is 1. The second-order valence-corrected chi connectivity index (χ2v) is 9.07. The Morgan fingerprint density at radius 3 is 2.04 bits per heavy atom. The van der Waals surface area contributed by atoms with Crippen LogP contribution in [0.1, 0.15) is 44.1 Å². The van der Waals surface area contributed by atoms with E-state index in [0.29, 0.717) is 12.0 Å². The predicted molar refractivity (Wildman–Crippen MR) is 106 cm³/mol. The first kappa shape index (κ1) is 16.2. The van der Waals surface area contributed by atoms with E-state index in [9.17, 15) is 0 Å². The molecule has 0 saturated heterocycles. The second kappa shape index (κ2) is 6.64. The van der Waals surface area contributed by atoms with Crippen LogP contribution in [0.2, 0.25) is 0 Å². The van der Waals surface area contributed by atoms with Crippen LogP contribution in [0.25, 0.3) is 0 Å². The fourth-order valence-electron chi connectivity index (χ4n) is 6.21. The van der Waals surface area contributed by atoms with Crippen molar-refractivity contribution in [1.82, 2.24) is 0 Å². The zero-order chi connectivity index (χ0) is 17.4. The molecular formula is C24H29NO. The van der Waals surface area contributed by atoms with Crippen molar-refractivity contribution in [3.63, 3.8) is 0 Å². The highest BCUT2D eigenvalue weighted by Crippen LogP contribution is 2.59. The molecule has 1 N–H and O–H groups in total. The quantitative estimate of drug-likeness (QED) is 0.703. The fourth-order valence-corrected chi connectivity index (χ4v) is 6.21. The van der Waals surface area contributed by atoms with Crippen LogP contribution in [0.4, 0.5) is 5.69 Å². The highest BCUT2D eigenvalue weighted by molar-refractivity contribution is 5.46. The van der Waals surface area contributed by atoms with Gasteiger partial charge in [-0.05, 0) is 91.5 Å². The Bertz CT molecular complexity index is 701. The summed E-state index contributed by atoms with van der Waals surface area (Å²) in [5.74, 6) is 4.01. The van der Waals surface area contributed by atoms with Gasteiger partial charge in [0.2, 0.25) is 0 Å². The second-order valence-electron chi connectivity index (χ2n) is 9.07. The molecule has 0 unspecified atom stereocenters. The highest BCUT2D eigenvalue weighted by Gasteiger charge is 2.50. The van der Waals surface area contributed by atoms with Crippen molar-refractivity contribution >= 4 is 5.69 Å². The third-order valence-corrected chi connectivity index (χ3v) is 6.94. The molecule has 4 saturated carbocycles. The SMILES string of the molecule is c1ccc(COc2ccc(NCC34CC5CC(CC(C5)C3)C4)cc2)cc1. The smallest absolute Gasteiger partial charge is 0.119 e. The summed E-state index contributed by atoms with van der Waals surface area (Å²) in [7, 11) is 0. The maximum Gasteiger partial charge on any atom is 0.119 e. The van der Waals surface area contributed by atoms with Crippen LogP contribution in [0, 0.1) is 23.2 Å². The van der Waals surface area contributed by atoms with Gasteiger partial charge in [0.25, 0.3) is 0 Å². The summed E-state index contributed by atoms with van der Waals surface area (Å²) < 4.78 is 5.90. The zero-order valence-electron chi connectivity index (χ0n) is 15.5. The molecule has 26 heavy (non-hydrogen) atoms. The van der Waals surface area contributed by atoms with E-state index in [2.05, 4.69) is 53.8 Å². The molecule has 0 spiro atoms. The molecule has 2 heteroatoms. The van der Waals surface area contributed by atoms with E-state index in [1.807, 2.05) is 6.07 Å². The summed E-state index contributed by atoms with van der Waals surface area (Å²) in [4.78, 5) is 0. The topological polar surface area (TPSA) is 21.3 Å². The summed E-state index contributed by atoms with van der Waals surface area (Å²) in [6.45, 7) is 1.78. The van der Waals surface area contributed by atoms with E-state index >= 15 is 0 Å². The molecule has 6 rings (SSSR count). The average molecular weight is 348 g/mol. The van der Waals surface area contributed by atoms with Crippen LogP contribution in [-0.2, 0) is 6.61 Å². The Balaban J connectivity index is 1.17. The molecule has 0 radical (unpaired) electrons. The van der Waals surface area contributed by atoms with Crippen LogP contribution >= 0.6 is 0 Å². The number of benzene rings is 2. The molecule has 4 aliphatic rings. The first-order chi connectivity index (χ1) is 12.8. The van der Waals surface area contributed by atoms with Crippen LogP contribution in [0.3, 0.4) is 0 Å². The number of hydrogen-bond donors (Lipinski definition) is 1. The maximum absolute atomic E-state index is 5.90. The van der Waals surface area contributed by atoms with Crippen molar-refractivity contribution < 1.29 is 4.74 Å². The van der Waals surface area contributed by atoms with Crippen molar-refractivity contribution in [3.05, 3.63) is 60.2 Å². The summed E-state index contributed by atoms with van der Waals surface area (Å²) in [5, 5.41) is 3.75. The van der Waals surface area contributed by atoms with Gasteiger partial charge in [0.05, 0.1) is 0 Å². The van der Waals surface area contributed by atoms with E-state index in [1.54, 1.807) is 0 Å². The molecule has 4 bridgehead atoms. The number of ether oxygens (including phenoxy) is 1. The molecule has 4 aliphatic carbocycles. The van der Waals surface area contributed by atoms with Crippen molar-refractivity contribution in [2.45, 2.75) is 45.1 Å². The first-order valence-electron chi connectivity index (χ1n) is 10.3. The average Bonchev–Trinajstić information content (AvgIpc) is 2.65. The van der Waals surface area contributed by atoms with Crippen molar-refractivity contribution in [3.8, 4) is 5.75 Å². The molecule has 0 aliphatic heterocycles. The van der Waals surface area contributed by atoms with E-state index in [-0.39, 0.29) is 0 Å². The van der Waals surface area contributed by atoms with E-state index < -0.39 is 0 Å². The van der Waals surface area contributed by atoms with Crippen molar-refractivity contribution in [1.29, 1.82) is 0 Å². The maximum atomic E-state index is 5.90. The monoisotopic (exact) mass is 347 g/mol. The molecule has 0 heterocycles. The third kappa shape index (κ3) is 3.34. The summed E-state index contributed by atoms with van der Waals surface area (Å²) in [6, 6.07) is 18.8. The highest BCUT2D eigenvalue weighted by atomic mass is 16.5. The van der Waals surface area contributed by atoms with Gasteiger partial charge in [-0.2, -0.15) is 0 Å². The summed E-state index contributed by atoms with van der Waals surface area (Å²) >= 11 is 0. The minimum Gasteiger partial charge on any atom is -0.489 e. The largest absolute Gasteiger partial charge is 0.489 e. The van der Waals surface area contributed by atoms with Gasteiger partial charge in [0.1, 0.15) is 12.4 Å². The van der Waals surface area contributed by atoms with Gasteiger partial charge >= 0.3 is 0 Å². The third-order valence-electron chi connectivity index (χ3n) is 6.94. The molecule has 2 aromatic rings. The standard InChI is InChI=1S/C24H29NO/c1-2-4-18(5-3-1)16-26-23-8-6-22(7-9-23)25-17-24-13-19-10-20(14-24)12-21(11-19)15-24/h1-9,19-21,25H,10-17H2. The minimum absolute atomic E-state index is 0.581. The normalized spacial score (nSPS) is 31.8. The van der Waals surface area contributed by atoms with Gasteiger partial charge in [-0.15, -0.1) is 0 Å². The van der Waals surface area contributed by atoms with Crippen LogP contribution in [0.5, 0.6) is 5.75 Å². The summed E-state index contributed by atoms with van der Waals surface area (Å²) in [6.07, 6.45) is 8.95. The Morgan fingerprint density at radius 2 is 1.42 bits per heavy atom. The Hall–Kier alpha value is -1.96. The Kier molecular flexibility index (Phi) is 4.15. The molecule has 4 fully saturated rings.